The number of thiocarbonyl (C=S) groups is 1. The quantitative estimate of drug-likeness (QED) is 0.436. The minimum absolute atomic E-state index is 0.776. The molecule has 0 atom stereocenters. The molecule has 0 aliphatic heterocycles. The maximum atomic E-state index is 4.72. The molecule has 48 valence electrons. The molecule has 0 heterocycles. The number of hydrogen-bond acceptors (Lipinski definition) is 1. The van der Waals surface area contributed by atoms with Crippen LogP contribution in [0.3, 0.4) is 0 Å². The highest BCUT2D eigenvalue weighted by Crippen LogP contribution is 2.08. The first-order valence-corrected chi connectivity index (χ1v) is 7.18. The van der Waals surface area contributed by atoms with E-state index in [0.29, 0.717) is 0 Å². The minimum Gasteiger partial charge on any atom is -0.0935 e. The molecule has 0 amide bonds. The van der Waals surface area contributed by atoms with Gasteiger partial charge in [-0.1, -0.05) is 37.9 Å². The van der Waals surface area contributed by atoms with Gasteiger partial charge in [-0.3, -0.25) is 0 Å². The Hall–Kier alpha value is 0.307. The molecule has 0 aromatic rings. The SMILES string of the molecule is C[Si](C)(C)CCC=S. The predicted molar refractivity (Wildman–Crippen MR) is 46.4 cm³/mol. The van der Waals surface area contributed by atoms with E-state index < -0.39 is 8.07 Å². The molecule has 0 N–H and O–H groups in total. The smallest absolute Gasteiger partial charge is 0.0446 e. The van der Waals surface area contributed by atoms with E-state index >= 15 is 0 Å². The van der Waals surface area contributed by atoms with Gasteiger partial charge in [-0.2, -0.15) is 0 Å². The Morgan fingerprint density at radius 2 is 1.88 bits per heavy atom. The van der Waals surface area contributed by atoms with E-state index in [1.807, 2.05) is 5.37 Å². The van der Waals surface area contributed by atoms with Crippen molar-refractivity contribution in [3.8, 4) is 0 Å². The maximum Gasteiger partial charge on any atom is 0.0446 e. The molecule has 0 unspecified atom stereocenters. The molecule has 0 spiro atoms. The summed E-state index contributed by atoms with van der Waals surface area (Å²) in [5, 5.41) is 1.85. The van der Waals surface area contributed by atoms with Gasteiger partial charge in [0.2, 0.25) is 0 Å². The Labute approximate surface area is 58.3 Å². The van der Waals surface area contributed by atoms with Crippen LogP contribution in [0.25, 0.3) is 0 Å². The Bertz CT molecular complexity index is 73.1. The summed E-state index contributed by atoms with van der Waals surface area (Å²) in [4.78, 5) is 0. The maximum absolute atomic E-state index is 4.72. The third-order valence-electron chi connectivity index (χ3n) is 1.01. The van der Waals surface area contributed by atoms with Crippen molar-refractivity contribution < 1.29 is 0 Å². The van der Waals surface area contributed by atoms with Crippen molar-refractivity contribution in [2.45, 2.75) is 32.1 Å². The molecule has 0 aliphatic carbocycles. The van der Waals surface area contributed by atoms with Crippen molar-refractivity contribution in [2.75, 3.05) is 0 Å². The van der Waals surface area contributed by atoms with Crippen molar-refractivity contribution in [1.29, 1.82) is 0 Å². The molecule has 0 aromatic heterocycles. The average Bonchev–Trinajstić information content (AvgIpc) is 1.59. The Kier molecular flexibility index (Phi) is 3.48. The minimum atomic E-state index is -0.776. The fourth-order valence-electron chi connectivity index (χ4n) is 0.492. The summed E-state index contributed by atoms with van der Waals surface area (Å²) in [5.41, 5.74) is 0. The van der Waals surface area contributed by atoms with Gasteiger partial charge in [0.15, 0.2) is 0 Å². The Morgan fingerprint density at radius 3 is 2.00 bits per heavy atom. The lowest BCUT2D eigenvalue weighted by atomic mass is 10.6. The standard InChI is InChI=1S/C6H14SSi/c1-8(2,3)6-4-5-7/h5H,4,6H2,1-3H3. The molecule has 0 fully saturated rings. The first-order chi connectivity index (χ1) is 3.56. The van der Waals surface area contributed by atoms with Crippen molar-refractivity contribution in [3.63, 3.8) is 0 Å². The third kappa shape index (κ3) is 6.31. The van der Waals surface area contributed by atoms with Gasteiger partial charge in [0.05, 0.1) is 0 Å². The summed E-state index contributed by atoms with van der Waals surface area (Å²) in [6.07, 6.45) is 1.13. The van der Waals surface area contributed by atoms with Crippen LogP contribution in [0.1, 0.15) is 6.42 Å². The zero-order chi connectivity index (χ0) is 6.62. The molecule has 0 nitrogen and oxygen atoms in total. The molecular formula is C6H14SSi. The van der Waals surface area contributed by atoms with Crippen molar-refractivity contribution >= 4 is 25.7 Å². The van der Waals surface area contributed by atoms with Gasteiger partial charge >= 0.3 is 0 Å². The van der Waals surface area contributed by atoms with E-state index in [0.717, 1.165) is 6.42 Å². The normalized spacial score (nSPS) is 11.4. The molecule has 0 saturated carbocycles. The average molecular weight is 146 g/mol. The molecule has 0 aromatic carbocycles. The van der Waals surface area contributed by atoms with Crippen molar-refractivity contribution in [2.24, 2.45) is 0 Å². The molecular weight excluding hydrogens is 132 g/mol. The summed E-state index contributed by atoms with van der Waals surface area (Å²) in [6, 6.07) is 1.34. The Morgan fingerprint density at radius 1 is 1.38 bits per heavy atom. The van der Waals surface area contributed by atoms with Crippen molar-refractivity contribution in [3.05, 3.63) is 0 Å². The summed E-state index contributed by atoms with van der Waals surface area (Å²) in [7, 11) is -0.776. The van der Waals surface area contributed by atoms with Gasteiger partial charge < -0.3 is 0 Å². The highest BCUT2D eigenvalue weighted by atomic mass is 32.1. The van der Waals surface area contributed by atoms with E-state index in [9.17, 15) is 0 Å². The highest BCUT2D eigenvalue weighted by Gasteiger charge is 2.10. The second-order valence-electron chi connectivity index (χ2n) is 3.27. The zero-order valence-corrected chi connectivity index (χ0v) is 7.72. The summed E-state index contributed by atoms with van der Waals surface area (Å²) in [5.74, 6) is 0. The summed E-state index contributed by atoms with van der Waals surface area (Å²) in [6.45, 7) is 7.10. The van der Waals surface area contributed by atoms with Gasteiger partial charge in [0.25, 0.3) is 0 Å². The van der Waals surface area contributed by atoms with E-state index in [-0.39, 0.29) is 0 Å². The second-order valence-corrected chi connectivity index (χ2v) is 9.22. The third-order valence-corrected chi connectivity index (χ3v) is 3.04. The van der Waals surface area contributed by atoms with Crippen LogP contribution in [0.5, 0.6) is 0 Å². The van der Waals surface area contributed by atoms with Gasteiger partial charge in [0, 0.05) is 8.07 Å². The highest BCUT2D eigenvalue weighted by molar-refractivity contribution is 7.78. The van der Waals surface area contributed by atoms with Gasteiger partial charge in [0.1, 0.15) is 0 Å². The first kappa shape index (κ1) is 8.31. The monoisotopic (exact) mass is 146 g/mol. The van der Waals surface area contributed by atoms with Gasteiger partial charge in [-0.05, 0) is 11.8 Å². The molecule has 2 heteroatoms. The van der Waals surface area contributed by atoms with Crippen LogP contribution < -0.4 is 0 Å². The fraction of sp³-hybridized carbons (Fsp3) is 0.833. The molecule has 0 saturated heterocycles. The predicted octanol–water partition coefficient (Wildman–Crippen LogP) is 2.71. The Balaban J connectivity index is 3.24. The van der Waals surface area contributed by atoms with Crippen molar-refractivity contribution in [1.82, 2.24) is 0 Å². The van der Waals surface area contributed by atoms with E-state index in [1.54, 1.807) is 0 Å². The molecule has 0 aliphatic rings. The topological polar surface area (TPSA) is 0 Å². The fourth-order valence-corrected chi connectivity index (χ4v) is 1.83. The van der Waals surface area contributed by atoms with Crippen LogP contribution in [0.4, 0.5) is 0 Å². The molecule has 0 bridgehead atoms. The first-order valence-electron chi connectivity index (χ1n) is 3.00. The summed E-state index contributed by atoms with van der Waals surface area (Å²) >= 11 is 4.72. The lowest BCUT2D eigenvalue weighted by Crippen LogP contribution is -2.18. The van der Waals surface area contributed by atoms with E-state index in [4.69, 9.17) is 12.2 Å². The molecule has 0 radical (unpaired) electrons. The number of hydrogen-bond donors (Lipinski definition) is 0. The van der Waals surface area contributed by atoms with Crippen LogP contribution in [0, 0.1) is 0 Å². The lowest BCUT2D eigenvalue weighted by molar-refractivity contribution is 1.26. The van der Waals surface area contributed by atoms with E-state index in [2.05, 4.69) is 19.6 Å². The summed E-state index contributed by atoms with van der Waals surface area (Å²) < 4.78 is 0. The van der Waals surface area contributed by atoms with Crippen LogP contribution in [-0.4, -0.2) is 13.4 Å². The molecule has 8 heavy (non-hydrogen) atoms. The second kappa shape index (κ2) is 3.36. The van der Waals surface area contributed by atoms with Crippen LogP contribution in [0.2, 0.25) is 25.7 Å². The van der Waals surface area contributed by atoms with Crippen LogP contribution in [-0.2, 0) is 0 Å². The zero-order valence-electron chi connectivity index (χ0n) is 5.90. The van der Waals surface area contributed by atoms with Crippen LogP contribution >= 0.6 is 12.2 Å². The van der Waals surface area contributed by atoms with E-state index in [1.165, 1.54) is 6.04 Å². The lowest BCUT2D eigenvalue weighted by Gasteiger charge is -2.12. The largest absolute Gasteiger partial charge is 0.0935 e. The molecule has 0 rings (SSSR count). The number of rotatable bonds is 3. The van der Waals surface area contributed by atoms with Gasteiger partial charge in [-0.25, -0.2) is 0 Å². The van der Waals surface area contributed by atoms with Gasteiger partial charge in [-0.15, -0.1) is 0 Å². The van der Waals surface area contributed by atoms with Crippen LogP contribution in [0.15, 0.2) is 0 Å².